The number of methoxy groups -OCH3 is 1. The molecule has 1 amide bonds. The summed E-state index contributed by atoms with van der Waals surface area (Å²) in [6, 6.07) is 0.702. The molecule has 2 atom stereocenters. The normalized spacial score (nSPS) is 28.3. The number of carbonyl (C=O) groups excluding carboxylic acids is 1. The van der Waals surface area contributed by atoms with E-state index in [2.05, 4.69) is 4.98 Å². The average molecular weight is 310 g/mol. The zero-order valence-electron chi connectivity index (χ0n) is 12.6. The Morgan fingerprint density at radius 2 is 2.18 bits per heavy atom. The van der Waals surface area contributed by atoms with Gasteiger partial charge in [-0.05, 0) is 25.7 Å². The van der Waals surface area contributed by atoms with Gasteiger partial charge in [-0.1, -0.05) is 6.42 Å². The van der Waals surface area contributed by atoms with Crippen molar-refractivity contribution in [3.8, 4) is 0 Å². The Balaban J connectivity index is 1.81. The van der Waals surface area contributed by atoms with Gasteiger partial charge in [0.25, 0.3) is 5.91 Å². The van der Waals surface area contributed by atoms with E-state index in [4.69, 9.17) is 4.74 Å². The third kappa shape index (κ3) is 2.60. The SMILES string of the molecule is CO[C@@H]1CCC[C@@]12CCCN(C(=O)c1ncc(F)cc1F)C2. The summed E-state index contributed by atoms with van der Waals surface area (Å²) in [7, 11) is 1.71. The Labute approximate surface area is 128 Å². The minimum Gasteiger partial charge on any atom is -0.381 e. The fourth-order valence-electron chi connectivity index (χ4n) is 4.00. The molecule has 0 bridgehead atoms. The molecule has 1 spiro atoms. The van der Waals surface area contributed by atoms with Crippen LogP contribution in [0.2, 0.25) is 0 Å². The Bertz CT molecular complexity index is 581. The highest BCUT2D eigenvalue weighted by atomic mass is 19.1. The number of likely N-dealkylation sites (tertiary alicyclic amines) is 1. The van der Waals surface area contributed by atoms with Crippen LogP contribution in [0.25, 0.3) is 0 Å². The maximum Gasteiger partial charge on any atom is 0.275 e. The number of carbonyl (C=O) groups is 1. The van der Waals surface area contributed by atoms with Crippen molar-refractivity contribution < 1.29 is 18.3 Å². The van der Waals surface area contributed by atoms with Crippen LogP contribution in [0.3, 0.4) is 0 Å². The molecule has 0 aromatic carbocycles. The molecule has 2 fully saturated rings. The number of hydrogen-bond donors (Lipinski definition) is 0. The molecule has 0 radical (unpaired) electrons. The topological polar surface area (TPSA) is 42.4 Å². The van der Waals surface area contributed by atoms with Gasteiger partial charge in [0.15, 0.2) is 11.5 Å². The van der Waals surface area contributed by atoms with Crippen molar-refractivity contribution in [3.05, 3.63) is 29.6 Å². The van der Waals surface area contributed by atoms with Crippen molar-refractivity contribution in [2.45, 2.75) is 38.2 Å². The number of ether oxygens (including phenoxy) is 1. The Morgan fingerprint density at radius 1 is 1.41 bits per heavy atom. The number of halogens is 2. The molecule has 120 valence electrons. The van der Waals surface area contributed by atoms with E-state index in [1.807, 2.05) is 0 Å². The minimum absolute atomic E-state index is 0.0286. The van der Waals surface area contributed by atoms with E-state index in [9.17, 15) is 13.6 Å². The van der Waals surface area contributed by atoms with Crippen LogP contribution in [-0.4, -0.2) is 42.1 Å². The quantitative estimate of drug-likeness (QED) is 0.843. The molecule has 3 rings (SSSR count). The van der Waals surface area contributed by atoms with Crippen LogP contribution < -0.4 is 0 Å². The second-order valence-corrected chi connectivity index (χ2v) is 6.29. The summed E-state index contributed by atoms with van der Waals surface area (Å²) in [4.78, 5) is 17.8. The summed E-state index contributed by atoms with van der Waals surface area (Å²) in [6.07, 6.45) is 6.03. The number of rotatable bonds is 2. The van der Waals surface area contributed by atoms with Gasteiger partial charge in [-0.2, -0.15) is 0 Å². The van der Waals surface area contributed by atoms with E-state index >= 15 is 0 Å². The maximum absolute atomic E-state index is 13.8. The van der Waals surface area contributed by atoms with E-state index in [1.165, 1.54) is 0 Å². The first-order valence-electron chi connectivity index (χ1n) is 7.69. The lowest BCUT2D eigenvalue weighted by Crippen LogP contribution is -2.50. The monoisotopic (exact) mass is 310 g/mol. The first-order chi connectivity index (χ1) is 10.6. The number of hydrogen-bond acceptors (Lipinski definition) is 3. The molecule has 1 aliphatic heterocycles. The zero-order chi connectivity index (χ0) is 15.7. The van der Waals surface area contributed by atoms with Crippen LogP contribution in [-0.2, 0) is 4.74 Å². The molecule has 2 aliphatic rings. The van der Waals surface area contributed by atoms with Crippen molar-refractivity contribution in [2.24, 2.45) is 5.41 Å². The third-order valence-electron chi connectivity index (χ3n) is 5.01. The van der Waals surface area contributed by atoms with Gasteiger partial charge in [0, 0.05) is 31.7 Å². The lowest BCUT2D eigenvalue weighted by molar-refractivity contribution is -0.0297. The summed E-state index contributed by atoms with van der Waals surface area (Å²) in [5, 5.41) is 0. The van der Waals surface area contributed by atoms with Crippen LogP contribution >= 0.6 is 0 Å². The molecule has 6 heteroatoms. The zero-order valence-corrected chi connectivity index (χ0v) is 12.6. The second kappa shape index (κ2) is 5.91. The summed E-state index contributed by atoms with van der Waals surface area (Å²) >= 11 is 0. The number of piperidine rings is 1. The predicted molar refractivity (Wildman–Crippen MR) is 76.4 cm³/mol. The molecular formula is C16H20F2N2O2. The minimum atomic E-state index is -0.903. The molecule has 22 heavy (non-hydrogen) atoms. The molecule has 1 saturated carbocycles. The van der Waals surface area contributed by atoms with Gasteiger partial charge in [-0.25, -0.2) is 13.8 Å². The summed E-state index contributed by atoms with van der Waals surface area (Å²) in [5.74, 6) is -2.14. The predicted octanol–water partition coefficient (Wildman–Crippen LogP) is 2.78. The molecule has 2 heterocycles. The molecule has 1 aromatic heterocycles. The van der Waals surface area contributed by atoms with Gasteiger partial charge in [-0.3, -0.25) is 4.79 Å². The van der Waals surface area contributed by atoms with E-state index in [-0.39, 0.29) is 17.2 Å². The van der Waals surface area contributed by atoms with Crippen molar-refractivity contribution >= 4 is 5.91 Å². The van der Waals surface area contributed by atoms with E-state index in [0.29, 0.717) is 19.2 Å². The van der Waals surface area contributed by atoms with Crippen LogP contribution in [0.5, 0.6) is 0 Å². The Morgan fingerprint density at radius 3 is 2.91 bits per heavy atom. The molecule has 0 unspecified atom stereocenters. The Hall–Kier alpha value is -1.56. The number of aromatic nitrogens is 1. The van der Waals surface area contributed by atoms with Crippen LogP contribution in [0.1, 0.15) is 42.6 Å². The summed E-state index contributed by atoms with van der Waals surface area (Å²) in [5.41, 5.74) is -0.329. The number of nitrogens with zero attached hydrogens (tertiary/aromatic N) is 2. The fourth-order valence-corrected chi connectivity index (χ4v) is 4.00. The molecule has 4 nitrogen and oxygen atoms in total. The lowest BCUT2D eigenvalue weighted by atomic mass is 9.76. The third-order valence-corrected chi connectivity index (χ3v) is 5.01. The maximum atomic E-state index is 13.8. The van der Waals surface area contributed by atoms with E-state index < -0.39 is 17.5 Å². The van der Waals surface area contributed by atoms with Gasteiger partial charge in [-0.15, -0.1) is 0 Å². The molecule has 1 aliphatic carbocycles. The standard InChI is InChI=1S/C16H20F2N2O2/c1-22-13-4-2-5-16(13)6-3-7-20(10-16)15(21)14-12(18)8-11(17)9-19-14/h8-9,13H,2-7,10H2,1H3/t13-,16+/m1/s1. The highest BCUT2D eigenvalue weighted by molar-refractivity contribution is 5.92. The van der Waals surface area contributed by atoms with Gasteiger partial charge in [0.1, 0.15) is 5.82 Å². The van der Waals surface area contributed by atoms with Gasteiger partial charge < -0.3 is 9.64 Å². The van der Waals surface area contributed by atoms with Crippen molar-refractivity contribution in [3.63, 3.8) is 0 Å². The smallest absolute Gasteiger partial charge is 0.275 e. The van der Waals surface area contributed by atoms with Crippen LogP contribution in [0.15, 0.2) is 12.3 Å². The van der Waals surface area contributed by atoms with Gasteiger partial charge in [0.05, 0.1) is 12.3 Å². The molecule has 1 aromatic rings. The van der Waals surface area contributed by atoms with Crippen LogP contribution in [0.4, 0.5) is 8.78 Å². The molecule has 0 N–H and O–H groups in total. The summed E-state index contributed by atoms with van der Waals surface area (Å²) in [6.45, 7) is 1.14. The number of pyridine rings is 1. The Kier molecular flexibility index (Phi) is 4.12. The fraction of sp³-hybridized carbons (Fsp3) is 0.625. The van der Waals surface area contributed by atoms with E-state index in [1.54, 1.807) is 12.0 Å². The molecule has 1 saturated heterocycles. The van der Waals surface area contributed by atoms with Crippen molar-refractivity contribution in [1.82, 2.24) is 9.88 Å². The highest BCUT2D eigenvalue weighted by Crippen LogP contribution is 2.46. The first-order valence-corrected chi connectivity index (χ1v) is 7.69. The van der Waals surface area contributed by atoms with Crippen molar-refractivity contribution in [2.75, 3.05) is 20.2 Å². The number of amides is 1. The largest absolute Gasteiger partial charge is 0.381 e. The first kappa shape index (κ1) is 15.3. The molecular weight excluding hydrogens is 290 g/mol. The lowest BCUT2D eigenvalue weighted by Gasteiger charge is -2.43. The average Bonchev–Trinajstić information content (AvgIpc) is 2.88. The summed E-state index contributed by atoms with van der Waals surface area (Å²) < 4.78 is 32.3. The van der Waals surface area contributed by atoms with Gasteiger partial charge >= 0.3 is 0 Å². The van der Waals surface area contributed by atoms with E-state index in [0.717, 1.165) is 38.3 Å². The van der Waals surface area contributed by atoms with Crippen molar-refractivity contribution in [1.29, 1.82) is 0 Å². The highest BCUT2D eigenvalue weighted by Gasteiger charge is 2.47. The second-order valence-electron chi connectivity index (χ2n) is 6.29. The van der Waals surface area contributed by atoms with Gasteiger partial charge in [0.2, 0.25) is 0 Å². The van der Waals surface area contributed by atoms with Crippen LogP contribution in [0, 0.1) is 17.0 Å².